The summed E-state index contributed by atoms with van der Waals surface area (Å²) in [5.41, 5.74) is 7.50. The van der Waals surface area contributed by atoms with E-state index >= 15 is 0 Å². The van der Waals surface area contributed by atoms with Crippen molar-refractivity contribution in [1.29, 1.82) is 0 Å². The Hall–Kier alpha value is -5.22. The zero-order valence-corrected chi connectivity index (χ0v) is 25.3. The molecule has 2 atom stereocenters. The third-order valence-electron chi connectivity index (χ3n) is 9.71. The molecule has 0 saturated heterocycles. The minimum Gasteiger partial charge on any atom is -0.481 e. The second-order valence-electron chi connectivity index (χ2n) is 12.5. The van der Waals surface area contributed by atoms with Gasteiger partial charge in [-0.2, -0.15) is 0 Å². The van der Waals surface area contributed by atoms with Crippen LogP contribution in [0.2, 0.25) is 0 Å². The maximum atomic E-state index is 12.4. The van der Waals surface area contributed by atoms with Crippen molar-refractivity contribution in [2.24, 2.45) is 11.8 Å². The SMILES string of the molecule is CC(CC1(CC(C)C(=O)O)c2cc(-c3cccc4ccccc34)ccc2-c2ccc(-c3cccc4ccccc34)cc21)C(=O)O. The lowest BCUT2D eigenvalue weighted by molar-refractivity contribution is -0.142. The molecule has 6 aromatic rings. The molecule has 0 saturated carbocycles. The fourth-order valence-electron chi connectivity index (χ4n) is 7.53. The molecule has 0 heterocycles. The van der Waals surface area contributed by atoms with Gasteiger partial charge in [0.25, 0.3) is 0 Å². The predicted molar refractivity (Wildman–Crippen MR) is 181 cm³/mol. The van der Waals surface area contributed by atoms with Gasteiger partial charge in [-0.25, -0.2) is 0 Å². The summed E-state index contributed by atoms with van der Waals surface area (Å²) >= 11 is 0. The average Bonchev–Trinajstić information content (AvgIpc) is 3.31. The molecule has 4 nitrogen and oxygen atoms in total. The van der Waals surface area contributed by atoms with Crippen LogP contribution in [-0.4, -0.2) is 22.2 Å². The van der Waals surface area contributed by atoms with E-state index in [4.69, 9.17) is 0 Å². The minimum absolute atomic E-state index is 0.290. The molecule has 0 aliphatic heterocycles. The molecule has 222 valence electrons. The number of aliphatic carboxylic acids is 2. The van der Waals surface area contributed by atoms with Crippen molar-refractivity contribution in [3.63, 3.8) is 0 Å². The van der Waals surface area contributed by atoms with E-state index in [1.165, 1.54) is 0 Å². The summed E-state index contributed by atoms with van der Waals surface area (Å²) < 4.78 is 0. The van der Waals surface area contributed by atoms with Crippen LogP contribution < -0.4 is 0 Å². The lowest BCUT2D eigenvalue weighted by Crippen LogP contribution is -2.34. The van der Waals surface area contributed by atoms with Crippen molar-refractivity contribution in [2.75, 3.05) is 0 Å². The van der Waals surface area contributed by atoms with Crippen LogP contribution >= 0.6 is 0 Å². The Kier molecular flexibility index (Phi) is 7.01. The number of carbonyl (C=O) groups is 2. The van der Waals surface area contributed by atoms with Crippen LogP contribution in [0.3, 0.4) is 0 Å². The molecular weight excluding hydrogens is 556 g/mol. The quantitative estimate of drug-likeness (QED) is 0.185. The maximum absolute atomic E-state index is 12.4. The summed E-state index contributed by atoms with van der Waals surface area (Å²) in [6, 6.07) is 42.1. The summed E-state index contributed by atoms with van der Waals surface area (Å²) in [5, 5.41) is 24.9. The molecule has 7 rings (SSSR count). The first kappa shape index (κ1) is 28.5. The van der Waals surface area contributed by atoms with E-state index in [1.807, 2.05) is 24.3 Å². The average molecular weight is 591 g/mol. The van der Waals surface area contributed by atoms with Gasteiger partial charge in [-0.1, -0.05) is 123 Å². The number of hydrogen-bond donors (Lipinski definition) is 2. The Morgan fingerprint density at radius 1 is 0.533 bits per heavy atom. The monoisotopic (exact) mass is 590 g/mol. The van der Waals surface area contributed by atoms with Gasteiger partial charge in [-0.15, -0.1) is 0 Å². The van der Waals surface area contributed by atoms with E-state index in [2.05, 4.69) is 97.1 Å². The maximum Gasteiger partial charge on any atom is 0.306 e. The Balaban J connectivity index is 1.50. The molecule has 0 fully saturated rings. The van der Waals surface area contributed by atoms with E-state index in [0.29, 0.717) is 0 Å². The Bertz CT molecular complexity index is 1960. The van der Waals surface area contributed by atoms with Crippen molar-refractivity contribution in [2.45, 2.75) is 32.1 Å². The largest absolute Gasteiger partial charge is 0.481 e. The number of fused-ring (bicyclic) bond motifs is 5. The van der Waals surface area contributed by atoms with E-state index in [0.717, 1.165) is 66.1 Å². The molecule has 4 heteroatoms. The van der Waals surface area contributed by atoms with Crippen LogP contribution in [-0.2, 0) is 15.0 Å². The number of rotatable bonds is 8. The van der Waals surface area contributed by atoms with Gasteiger partial charge in [0.2, 0.25) is 0 Å². The first-order chi connectivity index (χ1) is 21.8. The van der Waals surface area contributed by atoms with Crippen LogP contribution in [0.15, 0.2) is 121 Å². The predicted octanol–water partition coefficient (Wildman–Crippen LogP) is 9.82. The second-order valence-corrected chi connectivity index (χ2v) is 12.5. The van der Waals surface area contributed by atoms with E-state index < -0.39 is 29.2 Å². The standard InChI is InChI=1S/C41H34O4/c1-25(39(42)43)23-41(24-26(2)40(44)45)37-21-29(33-15-7-11-27-9-3-5-13-31(27)33)17-19-35(37)36-20-18-30(22-38(36)41)34-16-8-12-28-10-4-6-14-32(28)34/h3-22,25-26H,23-24H2,1-2H3,(H,42,43)(H,44,45). The molecule has 0 radical (unpaired) electrons. The second kappa shape index (κ2) is 11.0. The zero-order chi connectivity index (χ0) is 31.3. The van der Waals surface area contributed by atoms with Gasteiger partial charge in [0.1, 0.15) is 0 Å². The molecule has 0 spiro atoms. The van der Waals surface area contributed by atoms with Gasteiger partial charge in [0.05, 0.1) is 11.8 Å². The van der Waals surface area contributed by atoms with Crippen molar-refractivity contribution >= 4 is 33.5 Å². The van der Waals surface area contributed by atoms with Gasteiger partial charge in [-0.3, -0.25) is 9.59 Å². The minimum atomic E-state index is -0.886. The summed E-state index contributed by atoms with van der Waals surface area (Å²) in [5.74, 6) is -3.15. The first-order valence-electron chi connectivity index (χ1n) is 15.5. The smallest absolute Gasteiger partial charge is 0.306 e. The molecule has 0 amide bonds. The van der Waals surface area contributed by atoms with Crippen LogP contribution in [0.1, 0.15) is 37.8 Å². The van der Waals surface area contributed by atoms with Crippen LogP contribution in [0.4, 0.5) is 0 Å². The van der Waals surface area contributed by atoms with Crippen molar-refractivity contribution < 1.29 is 19.8 Å². The number of benzene rings is 6. The number of hydrogen-bond acceptors (Lipinski definition) is 2. The topological polar surface area (TPSA) is 74.6 Å². The van der Waals surface area contributed by atoms with Gasteiger partial charge >= 0.3 is 11.9 Å². The highest BCUT2D eigenvalue weighted by Crippen LogP contribution is 2.56. The van der Waals surface area contributed by atoms with Crippen LogP contribution in [0.5, 0.6) is 0 Å². The molecule has 45 heavy (non-hydrogen) atoms. The fraction of sp³-hybridized carbons (Fsp3) is 0.171. The van der Waals surface area contributed by atoms with Crippen LogP contribution in [0, 0.1) is 11.8 Å². The number of carboxylic acids is 2. The van der Waals surface area contributed by atoms with Crippen molar-refractivity contribution in [3.05, 3.63) is 132 Å². The molecule has 2 unspecified atom stereocenters. The lowest BCUT2D eigenvalue weighted by atomic mass is 9.66. The molecule has 0 aromatic heterocycles. The normalized spacial score (nSPS) is 14.5. The molecule has 2 N–H and O–H groups in total. The number of carboxylic acid groups (broad SMARTS) is 2. The van der Waals surface area contributed by atoms with Gasteiger partial charge in [0, 0.05) is 5.41 Å². The van der Waals surface area contributed by atoms with Crippen molar-refractivity contribution in [1.82, 2.24) is 0 Å². The van der Waals surface area contributed by atoms with E-state index in [-0.39, 0.29) is 12.8 Å². The Morgan fingerprint density at radius 3 is 1.36 bits per heavy atom. The summed E-state index contributed by atoms with van der Waals surface area (Å²) in [7, 11) is 0. The summed E-state index contributed by atoms with van der Waals surface area (Å²) in [4.78, 5) is 24.9. The summed E-state index contributed by atoms with van der Waals surface area (Å²) in [6.07, 6.45) is 0.579. The van der Waals surface area contributed by atoms with E-state index in [9.17, 15) is 19.8 Å². The van der Waals surface area contributed by atoms with Crippen molar-refractivity contribution in [3.8, 4) is 33.4 Å². The van der Waals surface area contributed by atoms with Crippen LogP contribution in [0.25, 0.3) is 54.9 Å². The molecular formula is C41H34O4. The lowest BCUT2D eigenvalue weighted by Gasteiger charge is -2.36. The highest BCUT2D eigenvalue weighted by Gasteiger charge is 2.47. The molecule has 6 aromatic carbocycles. The molecule has 0 bridgehead atoms. The third-order valence-corrected chi connectivity index (χ3v) is 9.71. The zero-order valence-electron chi connectivity index (χ0n) is 25.3. The molecule has 1 aliphatic rings. The highest BCUT2D eigenvalue weighted by atomic mass is 16.4. The van der Waals surface area contributed by atoms with Gasteiger partial charge < -0.3 is 10.2 Å². The Labute approximate surface area is 262 Å². The Morgan fingerprint density at radius 2 is 0.933 bits per heavy atom. The van der Waals surface area contributed by atoms with Gasteiger partial charge in [-0.05, 0) is 91.0 Å². The van der Waals surface area contributed by atoms with E-state index in [1.54, 1.807) is 13.8 Å². The first-order valence-corrected chi connectivity index (χ1v) is 15.5. The fourth-order valence-corrected chi connectivity index (χ4v) is 7.53. The third kappa shape index (κ3) is 4.78. The molecule has 1 aliphatic carbocycles. The summed E-state index contributed by atoms with van der Waals surface area (Å²) in [6.45, 7) is 3.46. The van der Waals surface area contributed by atoms with Gasteiger partial charge in [0.15, 0.2) is 0 Å². The highest BCUT2D eigenvalue weighted by molar-refractivity contribution is 5.99.